The van der Waals surface area contributed by atoms with E-state index in [9.17, 15) is 20.1 Å². The fourth-order valence-electron chi connectivity index (χ4n) is 5.20. The first-order chi connectivity index (χ1) is 21.9. The van der Waals surface area contributed by atoms with Crippen molar-refractivity contribution in [1.29, 1.82) is 0 Å². The Hall–Kier alpha value is -4.48. The highest BCUT2D eigenvalue weighted by molar-refractivity contribution is 5.87. The number of aliphatic hydroxyl groups is 2. The Balaban J connectivity index is 0.989. The van der Waals surface area contributed by atoms with Gasteiger partial charge in [0.1, 0.15) is 17.3 Å². The Morgan fingerprint density at radius 3 is 2.69 bits per heavy atom. The Kier molecular flexibility index (Phi) is 11.0. The van der Waals surface area contributed by atoms with Crippen LogP contribution >= 0.6 is 0 Å². The van der Waals surface area contributed by atoms with Gasteiger partial charge >= 0.3 is 0 Å². The Morgan fingerprint density at radius 1 is 1.00 bits per heavy atom. The van der Waals surface area contributed by atoms with Crippen molar-refractivity contribution in [3.8, 4) is 11.5 Å². The summed E-state index contributed by atoms with van der Waals surface area (Å²) in [6, 6.07) is 23.5. The standard InChI is InChI=1S/C35H40N4O6/c1-39(19-16-27-22-37-35(45-27)34(43)25-8-3-2-4-9-25)18-6-20-44-26-10-5-7-24(21-26)15-17-36-23-31(41)28-11-13-30(40)33-29(28)12-14-32(42)38-33/h2-5,7-14,21-22,31,34,36,40-41,43H,6,15-20,23H2,1H3,(H,38,42). The Labute approximate surface area is 261 Å². The van der Waals surface area contributed by atoms with Gasteiger partial charge in [0.05, 0.1) is 24.4 Å². The van der Waals surface area contributed by atoms with Gasteiger partial charge < -0.3 is 39.7 Å². The second-order valence-electron chi connectivity index (χ2n) is 11.1. The second-order valence-corrected chi connectivity index (χ2v) is 11.1. The minimum Gasteiger partial charge on any atom is -0.506 e. The number of hydrogen-bond acceptors (Lipinski definition) is 9. The van der Waals surface area contributed by atoms with Crippen molar-refractivity contribution in [3.63, 3.8) is 0 Å². The zero-order chi connectivity index (χ0) is 31.6. The minimum absolute atomic E-state index is 0.0286. The molecule has 236 valence electrons. The van der Waals surface area contributed by atoms with Crippen LogP contribution in [-0.4, -0.2) is 70.0 Å². The number of rotatable bonds is 16. The highest BCUT2D eigenvalue weighted by atomic mass is 16.5. The van der Waals surface area contributed by atoms with Crippen molar-refractivity contribution >= 4 is 10.9 Å². The van der Waals surface area contributed by atoms with E-state index < -0.39 is 12.2 Å². The van der Waals surface area contributed by atoms with Crippen LogP contribution in [0.4, 0.5) is 0 Å². The molecule has 0 aliphatic heterocycles. The minimum atomic E-state index is -0.870. The fraction of sp³-hybridized carbons (Fsp3) is 0.314. The average Bonchev–Trinajstić information content (AvgIpc) is 3.54. The summed E-state index contributed by atoms with van der Waals surface area (Å²) in [5.41, 5.74) is 2.53. The van der Waals surface area contributed by atoms with Crippen LogP contribution in [0.15, 0.2) is 94.3 Å². The number of benzene rings is 3. The van der Waals surface area contributed by atoms with Gasteiger partial charge in [-0.3, -0.25) is 4.79 Å². The highest BCUT2D eigenvalue weighted by Gasteiger charge is 2.17. The van der Waals surface area contributed by atoms with Crippen molar-refractivity contribution in [2.24, 2.45) is 0 Å². The number of nitrogens with one attached hydrogen (secondary N) is 2. The van der Waals surface area contributed by atoms with E-state index in [0.717, 1.165) is 48.6 Å². The molecule has 5 rings (SSSR count). The van der Waals surface area contributed by atoms with E-state index >= 15 is 0 Å². The third kappa shape index (κ3) is 8.80. The SMILES string of the molecule is CN(CCCOc1cccc(CCNCC(O)c2ccc(O)c3[nH]c(=O)ccc23)c1)CCc1cnc(C(O)c2ccccc2)o1. The van der Waals surface area contributed by atoms with E-state index in [1.165, 1.54) is 12.1 Å². The number of oxazole rings is 1. The number of aromatic amines is 1. The summed E-state index contributed by atoms with van der Waals surface area (Å²) in [7, 11) is 2.06. The number of fused-ring (bicyclic) bond motifs is 1. The normalized spacial score (nSPS) is 12.9. The topological polar surface area (TPSA) is 144 Å². The molecule has 2 aromatic heterocycles. The van der Waals surface area contributed by atoms with Crippen LogP contribution in [0.3, 0.4) is 0 Å². The number of nitrogens with zero attached hydrogens (tertiary/aromatic N) is 2. The molecular formula is C35H40N4O6. The van der Waals surface area contributed by atoms with E-state index in [4.69, 9.17) is 9.15 Å². The lowest BCUT2D eigenvalue weighted by molar-refractivity contribution is 0.176. The maximum Gasteiger partial charge on any atom is 0.248 e. The predicted octanol–water partition coefficient (Wildman–Crippen LogP) is 4.11. The molecule has 0 saturated heterocycles. The summed E-state index contributed by atoms with van der Waals surface area (Å²) >= 11 is 0. The van der Waals surface area contributed by atoms with Gasteiger partial charge in [0.15, 0.2) is 6.10 Å². The van der Waals surface area contributed by atoms with Crippen LogP contribution in [-0.2, 0) is 12.8 Å². The third-order valence-corrected chi connectivity index (χ3v) is 7.71. The number of pyridine rings is 1. The third-order valence-electron chi connectivity index (χ3n) is 7.71. The number of H-pyrrole nitrogens is 1. The van der Waals surface area contributed by atoms with Crippen molar-refractivity contribution < 1.29 is 24.5 Å². The average molecular weight is 613 g/mol. The summed E-state index contributed by atoms with van der Waals surface area (Å²) in [6.07, 6.45) is 2.35. The van der Waals surface area contributed by atoms with Crippen LogP contribution in [0.5, 0.6) is 11.5 Å². The molecule has 45 heavy (non-hydrogen) atoms. The van der Waals surface area contributed by atoms with E-state index in [2.05, 4.69) is 33.3 Å². The Morgan fingerprint density at radius 2 is 1.84 bits per heavy atom. The number of phenols is 1. The molecule has 3 aromatic carbocycles. The molecule has 2 atom stereocenters. The molecule has 2 heterocycles. The maximum atomic E-state index is 11.6. The van der Waals surface area contributed by atoms with Crippen LogP contribution in [0.1, 0.15) is 47.0 Å². The lowest BCUT2D eigenvalue weighted by Crippen LogP contribution is -2.24. The Bertz CT molecular complexity index is 1720. The number of phenolic OH excluding ortho intramolecular Hbond substituents is 1. The lowest BCUT2D eigenvalue weighted by Gasteiger charge is -2.16. The van der Waals surface area contributed by atoms with Crippen LogP contribution in [0.25, 0.3) is 10.9 Å². The van der Waals surface area contributed by atoms with Crippen molar-refractivity contribution in [1.82, 2.24) is 20.2 Å². The quantitative estimate of drug-likeness (QED) is 0.104. The predicted molar refractivity (Wildman–Crippen MR) is 173 cm³/mol. The van der Waals surface area contributed by atoms with Crippen molar-refractivity contribution in [2.75, 3.05) is 39.8 Å². The van der Waals surface area contributed by atoms with Gasteiger partial charge in [0, 0.05) is 37.5 Å². The molecule has 0 spiro atoms. The molecule has 10 heteroatoms. The maximum absolute atomic E-state index is 11.6. The fourth-order valence-corrected chi connectivity index (χ4v) is 5.20. The molecule has 5 aromatic rings. The van der Waals surface area contributed by atoms with Crippen LogP contribution in [0.2, 0.25) is 0 Å². The molecular weight excluding hydrogens is 572 g/mol. The largest absolute Gasteiger partial charge is 0.506 e. The lowest BCUT2D eigenvalue weighted by atomic mass is 10.0. The van der Waals surface area contributed by atoms with Gasteiger partial charge in [-0.1, -0.05) is 48.5 Å². The number of aromatic nitrogens is 2. The number of ether oxygens (including phenoxy) is 1. The molecule has 2 unspecified atom stereocenters. The van der Waals surface area contributed by atoms with E-state index in [1.807, 2.05) is 48.5 Å². The molecule has 5 N–H and O–H groups in total. The number of hydrogen-bond donors (Lipinski definition) is 5. The number of aliphatic hydroxyl groups excluding tert-OH is 2. The monoisotopic (exact) mass is 612 g/mol. The number of likely N-dealkylation sites (N-methyl/N-ethyl adjacent to an activating group) is 1. The summed E-state index contributed by atoms with van der Waals surface area (Å²) < 4.78 is 11.8. The van der Waals surface area contributed by atoms with E-state index in [1.54, 1.807) is 18.3 Å². The summed E-state index contributed by atoms with van der Waals surface area (Å²) in [4.78, 5) is 20.7. The second kappa shape index (κ2) is 15.5. The van der Waals surface area contributed by atoms with Crippen LogP contribution in [0, 0.1) is 0 Å². The molecule has 0 fully saturated rings. The number of aromatic hydroxyl groups is 1. The van der Waals surface area contributed by atoms with Crippen molar-refractivity contribution in [3.05, 3.63) is 124 Å². The first kappa shape index (κ1) is 31.9. The van der Waals surface area contributed by atoms with Gasteiger partial charge in [0.25, 0.3) is 0 Å². The van der Waals surface area contributed by atoms with E-state index in [0.29, 0.717) is 48.5 Å². The molecule has 0 saturated carbocycles. The first-order valence-electron chi connectivity index (χ1n) is 15.2. The van der Waals surface area contributed by atoms with Gasteiger partial charge in [-0.2, -0.15) is 0 Å². The zero-order valence-electron chi connectivity index (χ0n) is 25.4. The van der Waals surface area contributed by atoms with Gasteiger partial charge in [-0.25, -0.2) is 4.98 Å². The smallest absolute Gasteiger partial charge is 0.248 e. The van der Waals surface area contributed by atoms with Gasteiger partial charge in [-0.05, 0) is 67.4 Å². The highest BCUT2D eigenvalue weighted by Crippen LogP contribution is 2.28. The van der Waals surface area contributed by atoms with Gasteiger partial charge in [0.2, 0.25) is 11.4 Å². The van der Waals surface area contributed by atoms with Gasteiger partial charge in [-0.15, -0.1) is 0 Å². The molecule has 10 nitrogen and oxygen atoms in total. The van der Waals surface area contributed by atoms with Crippen molar-refractivity contribution in [2.45, 2.75) is 31.5 Å². The summed E-state index contributed by atoms with van der Waals surface area (Å²) in [5.74, 6) is 1.85. The molecule has 0 aliphatic carbocycles. The first-order valence-corrected chi connectivity index (χ1v) is 15.2. The summed E-state index contributed by atoms with van der Waals surface area (Å²) in [6.45, 7) is 3.26. The molecule has 0 aliphatic rings. The molecule has 0 amide bonds. The molecule has 0 bridgehead atoms. The van der Waals surface area contributed by atoms with Crippen LogP contribution < -0.4 is 15.6 Å². The zero-order valence-corrected chi connectivity index (χ0v) is 25.4. The van der Waals surface area contributed by atoms with E-state index in [-0.39, 0.29) is 11.3 Å². The summed E-state index contributed by atoms with van der Waals surface area (Å²) in [5, 5.41) is 35.2. The molecule has 0 radical (unpaired) electrons.